The van der Waals surface area contributed by atoms with E-state index in [1.54, 1.807) is 6.07 Å². The highest BCUT2D eigenvalue weighted by Gasteiger charge is 2.33. The molecule has 1 atom stereocenters. The Balaban J connectivity index is 1.93. The maximum absolute atomic E-state index is 11.9. The van der Waals surface area contributed by atoms with Crippen LogP contribution >= 0.6 is 0 Å². The highest BCUT2D eigenvalue weighted by atomic mass is 16.3. The van der Waals surface area contributed by atoms with Crippen LogP contribution in [0.3, 0.4) is 0 Å². The van der Waals surface area contributed by atoms with Crippen LogP contribution in [-0.2, 0) is 14.4 Å². The number of rotatable bonds is 3. The minimum Gasteiger partial charge on any atom is -0.459 e. The molecular weight excluding hydrogens is 266 g/mol. The zero-order valence-electron chi connectivity index (χ0n) is 10.7. The highest BCUT2D eigenvalue weighted by molar-refractivity contribution is 6.04. The number of carbonyl (C=O) groups excluding carboxylic acids is 4. The van der Waals surface area contributed by atoms with Gasteiger partial charge in [-0.25, -0.2) is 0 Å². The van der Waals surface area contributed by atoms with Gasteiger partial charge < -0.3 is 14.6 Å². The van der Waals surface area contributed by atoms with Crippen molar-refractivity contribution in [2.75, 3.05) is 13.1 Å². The summed E-state index contributed by atoms with van der Waals surface area (Å²) in [5, 5.41) is 4.49. The minimum atomic E-state index is -0.749. The van der Waals surface area contributed by atoms with Gasteiger partial charge in [-0.3, -0.25) is 24.5 Å². The molecule has 1 fully saturated rings. The molecule has 1 aliphatic heterocycles. The van der Waals surface area contributed by atoms with Gasteiger partial charge in [-0.2, -0.15) is 0 Å². The van der Waals surface area contributed by atoms with Crippen LogP contribution in [0.15, 0.2) is 22.8 Å². The first-order valence-corrected chi connectivity index (χ1v) is 5.94. The van der Waals surface area contributed by atoms with E-state index in [0.29, 0.717) is 0 Å². The quantitative estimate of drug-likeness (QED) is 0.681. The Bertz CT molecular complexity index is 551. The maximum Gasteiger partial charge on any atom is 0.287 e. The van der Waals surface area contributed by atoms with E-state index < -0.39 is 29.7 Å². The Labute approximate surface area is 114 Å². The van der Waals surface area contributed by atoms with Crippen molar-refractivity contribution in [1.82, 2.24) is 15.5 Å². The topological polar surface area (TPSA) is 109 Å². The second-order valence-electron chi connectivity index (χ2n) is 4.27. The van der Waals surface area contributed by atoms with Crippen molar-refractivity contribution in [2.45, 2.75) is 13.0 Å². The summed E-state index contributed by atoms with van der Waals surface area (Å²) in [6, 6.07) is 2.26. The fourth-order valence-corrected chi connectivity index (χ4v) is 1.77. The number of imide groups is 1. The molecule has 0 spiro atoms. The van der Waals surface area contributed by atoms with E-state index in [1.165, 1.54) is 19.3 Å². The van der Waals surface area contributed by atoms with Gasteiger partial charge in [0.05, 0.1) is 12.8 Å². The molecule has 2 rings (SSSR count). The van der Waals surface area contributed by atoms with Gasteiger partial charge in [0, 0.05) is 0 Å². The number of hydrogen-bond acceptors (Lipinski definition) is 5. The van der Waals surface area contributed by atoms with Crippen LogP contribution in [0, 0.1) is 0 Å². The lowest BCUT2D eigenvalue weighted by atomic mass is 10.2. The van der Waals surface area contributed by atoms with Gasteiger partial charge in [0.25, 0.3) is 5.91 Å². The number of hydrogen-bond donors (Lipinski definition) is 2. The lowest BCUT2D eigenvalue weighted by Crippen LogP contribution is -2.60. The van der Waals surface area contributed by atoms with Crippen LogP contribution in [0.5, 0.6) is 0 Å². The normalized spacial score (nSPS) is 18.6. The molecule has 0 bridgehead atoms. The number of nitrogens with zero attached hydrogens (tertiary/aromatic N) is 1. The van der Waals surface area contributed by atoms with Crippen LogP contribution in [0.2, 0.25) is 0 Å². The SMILES string of the molecule is CC1C(=O)NC(=O)CN1C(=O)CNC(=O)c1ccco1. The predicted molar refractivity (Wildman–Crippen MR) is 65.4 cm³/mol. The summed E-state index contributed by atoms with van der Waals surface area (Å²) in [4.78, 5) is 47.3. The van der Waals surface area contributed by atoms with Crippen molar-refractivity contribution < 1.29 is 23.6 Å². The first kappa shape index (κ1) is 13.8. The lowest BCUT2D eigenvalue weighted by Gasteiger charge is -2.31. The van der Waals surface area contributed by atoms with Crippen LogP contribution in [-0.4, -0.2) is 47.7 Å². The molecule has 1 unspecified atom stereocenters. The standard InChI is InChI=1S/C12H13N3O5/c1-7-11(18)14-9(16)6-15(7)10(17)5-13-12(19)8-3-2-4-20-8/h2-4,7H,5-6H2,1H3,(H,13,19)(H,14,16,18). The van der Waals surface area contributed by atoms with E-state index in [9.17, 15) is 19.2 Å². The third-order valence-electron chi connectivity index (χ3n) is 2.89. The van der Waals surface area contributed by atoms with Gasteiger partial charge in [0.15, 0.2) is 5.76 Å². The molecular formula is C12H13N3O5. The summed E-state index contributed by atoms with van der Waals surface area (Å²) >= 11 is 0. The Morgan fingerprint density at radius 3 is 2.90 bits per heavy atom. The van der Waals surface area contributed by atoms with Crippen molar-refractivity contribution >= 4 is 23.6 Å². The molecule has 4 amide bonds. The van der Waals surface area contributed by atoms with Crippen molar-refractivity contribution in [1.29, 1.82) is 0 Å². The number of amides is 4. The van der Waals surface area contributed by atoms with Crippen LogP contribution in [0.25, 0.3) is 0 Å². The van der Waals surface area contributed by atoms with Crippen molar-refractivity contribution in [3.8, 4) is 0 Å². The first-order valence-electron chi connectivity index (χ1n) is 5.94. The Hall–Kier alpha value is -2.64. The number of nitrogens with one attached hydrogen (secondary N) is 2. The zero-order chi connectivity index (χ0) is 14.7. The van der Waals surface area contributed by atoms with Gasteiger partial charge in [-0.1, -0.05) is 0 Å². The Kier molecular flexibility index (Phi) is 3.83. The Morgan fingerprint density at radius 2 is 2.25 bits per heavy atom. The monoisotopic (exact) mass is 279 g/mol. The smallest absolute Gasteiger partial charge is 0.287 e. The lowest BCUT2D eigenvalue weighted by molar-refractivity contribution is -0.148. The van der Waals surface area contributed by atoms with E-state index >= 15 is 0 Å². The fraction of sp³-hybridized carbons (Fsp3) is 0.333. The van der Waals surface area contributed by atoms with Crippen LogP contribution in [0.1, 0.15) is 17.5 Å². The van der Waals surface area contributed by atoms with Crippen LogP contribution in [0.4, 0.5) is 0 Å². The summed E-state index contributed by atoms with van der Waals surface area (Å²) in [5.41, 5.74) is 0. The predicted octanol–water partition coefficient (Wildman–Crippen LogP) is -1.12. The largest absolute Gasteiger partial charge is 0.459 e. The molecule has 106 valence electrons. The molecule has 2 heterocycles. The molecule has 1 aromatic rings. The molecule has 8 heteroatoms. The number of carbonyl (C=O) groups is 4. The molecule has 8 nitrogen and oxygen atoms in total. The van der Waals surface area contributed by atoms with E-state index in [4.69, 9.17) is 4.42 Å². The van der Waals surface area contributed by atoms with Gasteiger partial charge in [0.2, 0.25) is 17.7 Å². The fourth-order valence-electron chi connectivity index (χ4n) is 1.77. The van der Waals surface area contributed by atoms with E-state index in [-0.39, 0.29) is 18.8 Å². The average Bonchev–Trinajstić information content (AvgIpc) is 2.93. The van der Waals surface area contributed by atoms with Gasteiger partial charge >= 0.3 is 0 Å². The van der Waals surface area contributed by atoms with E-state index in [1.807, 2.05) is 0 Å². The third-order valence-corrected chi connectivity index (χ3v) is 2.89. The highest BCUT2D eigenvalue weighted by Crippen LogP contribution is 2.05. The van der Waals surface area contributed by atoms with Crippen molar-refractivity contribution in [3.63, 3.8) is 0 Å². The summed E-state index contributed by atoms with van der Waals surface area (Å²) < 4.78 is 4.87. The van der Waals surface area contributed by atoms with Gasteiger partial charge in [-0.15, -0.1) is 0 Å². The second-order valence-corrected chi connectivity index (χ2v) is 4.27. The Morgan fingerprint density at radius 1 is 1.50 bits per heavy atom. The molecule has 1 saturated heterocycles. The van der Waals surface area contributed by atoms with E-state index in [2.05, 4.69) is 10.6 Å². The molecule has 0 radical (unpaired) electrons. The average molecular weight is 279 g/mol. The van der Waals surface area contributed by atoms with Gasteiger partial charge in [-0.05, 0) is 19.1 Å². The number of piperazine rings is 1. The maximum atomic E-state index is 11.9. The van der Waals surface area contributed by atoms with Gasteiger partial charge in [0.1, 0.15) is 12.6 Å². The summed E-state index contributed by atoms with van der Waals surface area (Å²) in [7, 11) is 0. The van der Waals surface area contributed by atoms with E-state index in [0.717, 1.165) is 4.90 Å². The van der Waals surface area contributed by atoms with Crippen LogP contribution < -0.4 is 10.6 Å². The molecule has 1 aromatic heterocycles. The first-order chi connectivity index (χ1) is 9.49. The summed E-state index contributed by atoms with van der Waals surface area (Å²) in [6.07, 6.45) is 1.34. The summed E-state index contributed by atoms with van der Waals surface area (Å²) in [5.74, 6) is -2.05. The molecule has 0 aromatic carbocycles. The van der Waals surface area contributed by atoms with Crippen molar-refractivity contribution in [2.24, 2.45) is 0 Å². The zero-order valence-corrected chi connectivity index (χ0v) is 10.7. The molecule has 20 heavy (non-hydrogen) atoms. The molecule has 0 saturated carbocycles. The third kappa shape index (κ3) is 2.85. The second kappa shape index (κ2) is 5.55. The van der Waals surface area contributed by atoms with Crippen molar-refractivity contribution in [3.05, 3.63) is 24.2 Å². The summed E-state index contributed by atoms with van der Waals surface area (Å²) in [6.45, 7) is 0.987. The molecule has 1 aliphatic rings. The molecule has 2 N–H and O–H groups in total. The molecule has 0 aliphatic carbocycles. The minimum absolute atomic E-state index is 0.0818. The number of furan rings is 1.